The Hall–Kier alpha value is -1.52. The van der Waals surface area contributed by atoms with Gasteiger partial charge in [-0.05, 0) is 0 Å². The van der Waals surface area contributed by atoms with Crippen molar-refractivity contribution < 1.29 is 9.21 Å². The van der Waals surface area contributed by atoms with E-state index >= 15 is 0 Å². The Labute approximate surface area is 82.1 Å². The molecule has 0 saturated carbocycles. The molecular weight excluding hydrogens is 182 g/mol. The van der Waals surface area contributed by atoms with Gasteiger partial charge in [-0.1, -0.05) is 6.92 Å². The van der Waals surface area contributed by atoms with Crippen molar-refractivity contribution in [1.82, 2.24) is 15.2 Å². The number of carbonyl (C=O) groups is 1. The van der Waals surface area contributed by atoms with Crippen LogP contribution in [-0.4, -0.2) is 29.0 Å². The quantitative estimate of drug-likeness (QED) is 0.774. The Kier molecular flexibility index (Phi) is 2.39. The van der Waals surface area contributed by atoms with Crippen LogP contribution in [0.25, 0.3) is 0 Å². The molecule has 1 N–H and O–H groups in total. The molecule has 0 radical (unpaired) electrons. The highest BCUT2D eigenvalue weighted by Crippen LogP contribution is 2.08. The highest BCUT2D eigenvalue weighted by molar-refractivity contribution is 5.75. The minimum Gasteiger partial charge on any atom is -0.444 e. The second-order valence-corrected chi connectivity index (χ2v) is 3.23. The van der Waals surface area contributed by atoms with Gasteiger partial charge in [0.1, 0.15) is 5.76 Å². The van der Waals surface area contributed by atoms with Crippen molar-refractivity contribution >= 4 is 6.03 Å². The zero-order chi connectivity index (χ0) is 9.97. The van der Waals surface area contributed by atoms with Crippen molar-refractivity contribution in [2.24, 2.45) is 0 Å². The van der Waals surface area contributed by atoms with Crippen LogP contribution in [0.2, 0.25) is 0 Å². The van der Waals surface area contributed by atoms with E-state index < -0.39 is 0 Å². The number of nitrogens with zero attached hydrogens (tertiary/aromatic N) is 2. The summed E-state index contributed by atoms with van der Waals surface area (Å²) in [6, 6.07) is -0.0405. The molecule has 2 rings (SSSR count). The van der Waals surface area contributed by atoms with Gasteiger partial charge < -0.3 is 14.6 Å². The summed E-state index contributed by atoms with van der Waals surface area (Å²) in [6.07, 6.45) is 2.54. The topological polar surface area (TPSA) is 58.4 Å². The molecule has 5 nitrogen and oxygen atoms in total. The first-order valence-corrected chi connectivity index (χ1v) is 4.76. The van der Waals surface area contributed by atoms with E-state index in [1.165, 1.54) is 0 Å². The van der Waals surface area contributed by atoms with E-state index in [4.69, 9.17) is 4.42 Å². The van der Waals surface area contributed by atoms with Crippen molar-refractivity contribution in [3.05, 3.63) is 17.8 Å². The first kappa shape index (κ1) is 9.05. The SMILES string of the molecule is CCc1cnc(CN2CCNC2=O)o1. The number of aryl methyl sites for hydroxylation is 1. The maximum absolute atomic E-state index is 11.2. The summed E-state index contributed by atoms with van der Waals surface area (Å²) >= 11 is 0. The second-order valence-electron chi connectivity index (χ2n) is 3.23. The monoisotopic (exact) mass is 195 g/mol. The van der Waals surface area contributed by atoms with Crippen LogP contribution < -0.4 is 5.32 Å². The van der Waals surface area contributed by atoms with Crippen LogP contribution >= 0.6 is 0 Å². The first-order chi connectivity index (χ1) is 6.79. The second kappa shape index (κ2) is 3.69. The molecule has 0 atom stereocenters. The minimum absolute atomic E-state index is 0.0405. The Morgan fingerprint density at radius 1 is 1.71 bits per heavy atom. The number of hydrogen-bond donors (Lipinski definition) is 1. The normalized spacial score (nSPS) is 16.1. The molecule has 76 valence electrons. The largest absolute Gasteiger partial charge is 0.444 e. The lowest BCUT2D eigenvalue weighted by Gasteiger charge is -2.10. The number of urea groups is 1. The van der Waals surface area contributed by atoms with Gasteiger partial charge in [0.25, 0.3) is 0 Å². The highest BCUT2D eigenvalue weighted by atomic mass is 16.4. The molecule has 1 fully saturated rings. The summed E-state index contributed by atoms with van der Waals surface area (Å²) < 4.78 is 5.41. The van der Waals surface area contributed by atoms with Gasteiger partial charge in [-0.25, -0.2) is 9.78 Å². The molecule has 0 unspecified atom stereocenters. The van der Waals surface area contributed by atoms with Crippen LogP contribution in [-0.2, 0) is 13.0 Å². The van der Waals surface area contributed by atoms with E-state index in [0.717, 1.165) is 18.7 Å². The summed E-state index contributed by atoms with van der Waals surface area (Å²) in [5.41, 5.74) is 0. The molecule has 1 aliphatic rings. The fourth-order valence-corrected chi connectivity index (χ4v) is 1.41. The average Bonchev–Trinajstić information content (AvgIpc) is 2.77. The van der Waals surface area contributed by atoms with Gasteiger partial charge in [-0.3, -0.25) is 0 Å². The first-order valence-electron chi connectivity index (χ1n) is 4.76. The lowest BCUT2D eigenvalue weighted by atomic mass is 10.4. The Balaban J connectivity index is 1.99. The summed E-state index contributed by atoms with van der Waals surface area (Å²) in [4.78, 5) is 17.0. The molecule has 1 aromatic heterocycles. The Bertz CT molecular complexity index is 335. The van der Waals surface area contributed by atoms with Crippen LogP contribution in [0.3, 0.4) is 0 Å². The zero-order valence-electron chi connectivity index (χ0n) is 8.12. The van der Waals surface area contributed by atoms with Gasteiger partial charge in [-0.2, -0.15) is 0 Å². The van der Waals surface area contributed by atoms with Crippen LogP contribution in [0.15, 0.2) is 10.6 Å². The van der Waals surface area contributed by atoms with Gasteiger partial charge in [0.15, 0.2) is 0 Å². The molecule has 0 spiro atoms. The molecule has 14 heavy (non-hydrogen) atoms. The van der Waals surface area contributed by atoms with Gasteiger partial charge in [0.2, 0.25) is 5.89 Å². The summed E-state index contributed by atoms with van der Waals surface area (Å²) in [6.45, 7) is 3.90. The predicted molar refractivity (Wildman–Crippen MR) is 49.7 cm³/mol. The van der Waals surface area contributed by atoms with Gasteiger partial charge >= 0.3 is 6.03 Å². The summed E-state index contributed by atoms with van der Waals surface area (Å²) in [5.74, 6) is 1.47. The molecule has 5 heteroatoms. The maximum atomic E-state index is 11.2. The summed E-state index contributed by atoms with van der Waals surface area (Å²) in [5, 5.41) is 2.73. The molecule has 1 aromatic rings. The third-order valence-corrected chi connectivity index (χ3v) is 2.22. The number of rotatable bonds is 3. The third-order valence-electron chi connectivity index (χ3n) is 2.22. The van der Waals surface area contributed by atoms with Crippen LogP contribution in [0.5, 0.6) is 0 Å². The number of nitrogens with one attached hydrogen (secondary N) is 1. The molecule has 0 aliphatic carbocycles. The molecular formula is C9H13N3O2. The highest BCUT2D eigenvalue weighted by Gasteiger charge is 2.21. The lowest BCUT2D eigenvalue weighted by Crippen LogP contribution is -2.27. The van der Waals surface area contributed by atoms with Crippen molar-refractivity contribution in [1.29, 1.82) is 0 Å². The number of carbonyl (C=O) groups excluding carboxylic acids is 1. The van der Waals surface area contributed by atoms with E-state index in [2.05, 4.69) is 10.3 Å². The number of aromatic nitrogens is 1. The van der Waals surface area contributed by atoms with E-state index in [0.29, 0.717) is 19.0 Å². The number of oxazole rings is 1. The number of amides is 2. The fourth-order valence-electron chi connectivity index (χ4n) is 1.41. The molecule has 1 saturated heterocycles. The summed E-state index contributed by atoms with van der Waals surface area (Å²) in [7, 11) is 0. The van der Waals surface area contributed by atoms with Crippen LogP contribution in [0.1, 0.15) is 18.6 Å². The molecule has 0 aromatic carbocycles. The van der Waals surface area contributed by atoms with Gasteiger partial charge in [-0.15, -0.1) is 0 Å². The van der Waals surface area contributed by atoms with Gasteiger partial charge in [0.05, 0.1) is 12.7 Å². The minimum atomic E-state index is -0.0405. The van der Waals surface area contributed by atoms with Crippen molar-refractivity contribution in [2.45, 2.75) is 19.9 Å². The van der Waals surface area contributed by atoms with Crippen LogP contribution in [0.4, 0.5) is 4.79 Å². The van der Waals surface area contributed by atoms with E-state index in [1.54, 1.807) is 11.1 Å². The maximum Gasteiger partial charge on any atom is 0.317 e. The molecule has 2 heterocycles. The van der Waals surface area contributed by atoms with E-state index in [-0.39, 0.29) is 6.03 Å². The fraction of sp³-hybridized carbons (Fsp3) is 0.556. The predicted octanol–water partition coefficient (Wildman–Crippen LogP) is 0.762. The lowest BCUT2D eigenvalue weighted by molar-refractivity contribution is 0.210. The van der Waals surface area contributed by atoms with Gasteiger partial charge in [0, 0.05) is 19.5 Å². The molecule has 2 amide bonds. The van der Waals surface area contributed by atoms with E-state index in [9.17, 15) is 4.79 Å². The third kappa shape index (κ3) is 1.71. The standard InChI is InChI=1S/C9H13N3O2/c1-2-7-5-11-8(14-7)6-12-4-3-10-9(12)13/h5H,2-4,6H2,1H3,(H,10,13). The Morgan fingerprint density at radius 3 is 3.14 bits per heavy atom. The molecule has 0 bridgehead atoms. The van der Waals surface area contributed by atoms with Crippen LogP contribution in [0, 0.1) is 0 Å². The molecule has 1 aliphatic heterocycles. The zero-order valence-corrected chi connectivity index (χ0v) is 8.12. The van der Waals surface area contributed by atoms with Crippen molar-refractivity contribution in [3.63, 3.8) is 0 Å². The Morgan fingerprint density at radius 2 is 2.57 bits per heavy atom. The van der Waals surface area contributed by atoms with Crippen molar-refractivity contribution in [2.75, 3.05) is 13.1 Å². The number of hydrogen-bond acceptors (Lipinski definition) is 3. The average molecular weight is 195 g/mol. The smallest absolute Gasteiger partial charge is 0.317 e. The van der Waals surface area contributed by atoms with Crippen molar-refractivity contribution in [3.8, 4) is 0 Å². The van der Waals surface area contributed by atoms with E-state index in [1.807, 2.05) is 6.92 Å².